The van der Waals surface area contributed by atoms with Gasteiger partial charge < -0.3 is 20.3 Å². The van der Waals surface area contributed by atoms with Crippen LogP contribution < -0.4 is 15.4 Å². The Balaban J connectivity index is 1.51. The quantitative estimate of drug-likeness (QED) is 0.829. The van der Waals surface area contributed by atoms with Crippen molar-refractivity contribution in [2.24, 2.45) is 0 Å². The molecule has 0 saturated carbocycles. The van der Waals surface area contributed by atoms with Crippen LogP contribution >= 0.6 is 11.6 Å². The van der Waals surface area contributed by atoms with Crippen molar-refractivity contribution in [3.63, 3.8) is 0 Å². The van der Waals surface area contributed by atoms with E-state index >= 15 is 0 Å². The molecule has 4 rings (SSSR count). The lowest BCUT2D eigenvalue weighted by molar-refractivity contribution is -0.119. The van der Waals surface area contributed by atoms with E-state index < -0.39 is 6.04 Å². The van der Waals surface area contributed by atoms with Crippen LogP contribution in [0, 0.1) is 0 Å². The number of halogens is 1. The van der Waals surface area contributed by atoms with Crippen molar-refractivity contribution >= 4 is 35.0 Å². The molecule has 28 heavy (non-hydrogen) atoms. The van der Waals surface area contributed by atoms with E-state index in [9.17, 15) is 14.4 Å². The molecular weight excluding hydrogens is 382 g/mol. The number of benzene rings is 2. The van der Waals surface area contributed by atoms with Gasteiger partial charge in [0.05, 0.1) is 18.4 Å². The molecule has 2 atom stereocenters. The number of carbonyl (C=O) groups is 3. The SMILES string of the molecule is COc1ccc(C(=O)NC2CC3C(=O)Nc4cc(Cl)ccc4C(=O)N3C2)cc1. The molecule has 0 bridgehead atoms. The van der Waals surface area contributed by atoms with Crippen molar-refractivity contribution in [3.8, 4) is 5.75 Å². The van der Waals surface area contributed by atoms with Crippen LogP contribution in [0.5, 0.6) is 5.75 Å². The molecule has 2 N–H and O–H groups in total. The first-order chi connectivity index (χ1) is 13.5. The van der Waals surface area contributed by atoms with E-state index in [0.717, 1.165) is 0 Å². The summed E-state index contributed by atoms with van der Waals surface area (Å²) in [5, 5.41) is 6.12. The Kier molecular flexibility index (Phi) is 4.68. The Morgan fingerprint density at radius 3 is 2.68 bits per heavy atom. The minimum absolute atomic E-state index is 0.254. The summed E-state index contributed by atoms with van der Waals surface area (Å²) >= 11 is 5.97. The molecule has 0 spiro atoms. The minimum atomic E-state index is -0.639. The van der Waals surface area contributed by atoms with E-state index in [1.54, 1.807) is 49.6 Å². The predicted octanol–water partition coefficient (Wildman–Crippen LogP) is 2.31. The molecule has 144 valence electrons. The largest absolute Gasteiger partial charge is 0.497 e. The number of amides is 3. The zero-order valence-electron chi connectivity index (χ0n) is 15.1. The first kappa shape index (κ1) is 18.3. The van der Waals surface area contributed by atoms with Crippen LogP contribution in [0.4, 0.5) is 5.69 Å². The van der Waals surface area contributed by atoms with Crippen molar-refractivity contribution < 1.29 is 19.1 Å². The van der Waals surface area contributed by atoms with Gasteiger partial charge in [-0.2, -0.15) is 0 Å². The molecule has 8 heteroatoms. The van der Waals surface area contributed by atoms with E-state index in [2.05, 4.69) is 10.6 Å². The fourth-order valence-electron chi connectivity index (χ4n) is 3.60. The van der Waals surface area contributed by atoms with Gasteiger partial charge in [0, 0.05) is 23.2 Å². The second-order valence-electron chi connectivity index (χ2n) is 6.79. The number of methoxy groups -OCH3 is 1. The molecule has 2 unspecified atom stereocenters. The Morgan fingerprint density at radius 2 is 1.96 bits per heavy atom. The highest BCUT2D eigenvalue weighted by Gasteiger charge is 2.43. The van der Waals surface area contributed by atoms with Crippen molar-refractivity contribution in [1.29, 1.82) is 0 Å². The Hall–Kier alpha value is -3.06. The summed E-state index contributed by atoms with van der Waals surface area (Å²) < 4.78 is 5.09. The molecule has 2 heterocycles. The van der Waals surface area contributed by atoms with Crippen LogP contribution in [-0.4, -0.2) is 48.4 Å². The highest BCUT2D eigenvalue weighted by Crippen LogP contribution is 2.30. The summed E-state index contributed by atoms with van der Waals surface area (Å²) in [7, 11) is 1.56. The zero-order chi connectivity index (χ0) is 19.8. The maximum absolute atomic E-state index is 12.9. The Bertz CT molecular complexity index is 960. The van der Waals surface area contributed by atoms with Crippen molar-refractivity contribution in [3.05, 3.63) is 58.6 Å². The summed E-state index contributed by atoms with van der Waals surface area (Å²) in [4.78, 5) is 39.5. The third-order valence-corrected chi connectivity index (χ3v) is 5.26. The van der Waals surface area contributed by atoms with Crippen LogP contribution in [0.2, 0.25) is 5.02 Å². The van der Waals surface area contributed by atoms with E-state index in [-0.39, 0.29) is 30.3 Å². The van der Waals surface area contributed by atoms with Gasteiger partial charge in [0.2, 0.25) is 5.91 Å². The van der Waals surface area contributed by atoms with Gasteiger partial charge in [-0.1, -0.05) is 11.6 Å². The second-order valence-corrected chi connectivity index (χ2v) is 7.22. The third kappa shape index (κ3) is 3.29. The summed E-state index contributed by atoms with van der Waals surface area (Å²) in [6.07, 6.45) is 0.348. The van der Waals surface area contributed by atoms with Gasteiger partial charge >= 0.3 is 0 Å². The number of hydrogen-bond donors (Lipinski definition) is 2. The van der Waals surface area contributed by atoms with Gasteiger partial charge in [0.1, 0.15) is 11.8 Å². The van der Waals surface area contributed by atoms with Gasteiger partial charge in [0.25, 0.3) is 11.8 Å². The monoisotopic (exact) mass is 399 g/mol. The molecule has 0 aliphatic carbocycles. The third-order valence-electron chi connectivity index (χ3n) is 5.02. The number of anilines is 1. The van der Waals surface area contributed by atoms with E-state index in [4.69, 9.17) is 16.3 Å². The van der Waals surface area contributed by atoms with Crippen LogP contribution in [0.3, 0.4) is 0 Å². The number of hydrogen-bond acceptors (Lipinski definition) is 4. The number of fused-ring (bicyclic) bond motifs is 2. The second kappa shape index (κ2) is 7.16. The molecule has 0 aromatic heterocycles. The zero-order valence-corrected chi connectivity index (χ0v) is 15.8. The molecule has 2 aliphatic rings. The topological polar surface area (TPSA) is 87.7 Å². The maximum Gasteiger partial charge on any atom is 0.256 e. The van der Waals surface area contributed by atoms with Gasteiger partial charge in [-0.15, -0.1) is 0 Å². The fraction of sp³-hybridized carbons (Fsp3) is 0.250. The molecule has 0 radical (unpaired) electrons. The normalized spacial score (nSPS) is 20.7. The average Bonchev–Trinajstić information content (AvgIpc) is 3.08. The molecule has 1 saturated heterocycles. The fourth-order valence-corrected chi connectivity index (χ4v) is 3.77. The molecule has 7 nitrogen and oxygen atoms in total. The minimum Gasteiger partial charge on any atom is -0.497 e. The van der Waals surface area contributed by atoms with E-state index in [0.29, 0.717) is 34.0 Å². The molecular formula is C20H18ClN3O4. The number of ether oxygens (including phenoxy) is 1. The Labute approximate surface area is 166 Å². The first-order valence-corrected chi connectivity index (χ1v) is 9.20. The summed E-state index contributed by atoms with van der Waals surface area (Å²) in [6.45, 7) is 0.265. The van der Waals surface area contributed by atoms with Crippen LogP contribution in [-0.2, 0) is 4.79 Å². The average molecular weight is 400 g/mol. The number of rotatable bonds is 3. The lowest BCUT2D eigenvalue weighted by atomic mass is 10.1. The molecule has 2 aliphatic heterocycles. The van der Waals surface area contributed by atoms with E-state index in [1.165, 1.54) is 4.90 Å². The van der Waals surface area contributed by atoms with Crippen molar-refractivity contribution in [2.75, 3.05) is 19.0 Å². The number of nitrogens with zero attached hydrogens (tertiary/aromatic N) is 1. The Morgan fingerprint density at radius 1 is 1.21 bits per heavy atom. The number of carbonyl (C=O) groups excluding carboxylic acids is 3. The van der Waals surface area contributed by atoms with Gasteiger partial charge in [-0.3, -0.25) is 14.4 Å². The maximum atomic E-state index is 12.9. The molecule has 1 fully saturated rings. The molecule has 2 aromatic carbocycles. The molecule has 2 aromatic rings. The molecule has 3 amide bonds. The highest BCUT2D eigenvalue weighted by molar-refractivity contribution is 6.31. The smallest absolute Gasteiger partial charge is 0.256 e. The lowest BCUT2D eigenvalue weighted by Crippen LogP contribution is -2.41. The van der Waals surface area contributed by atoms with Gasteiger partial charge in [-0.25, -0.2) is 0 Å². The number of nitrogens with one attached hydrogen (secondary N) is 2. The van der Waals surface area contributed by atoms with Gasteiger partial charge in [0.15, 0.2) is 0 Å². The van der Waals surface area contributed by atoms with Crippen LogP contribution in [0.15, 0.2) is 42.5 Å². The standard InChI is InChI=1S/C20H18ClN3O4/c1-28-14-5-2-11(3-6-14)18(25)22-13-9-17-19(26)23-16-8-12(21)4-7-15(16)20(27)24(17)10-13/h2-8,13,17H,9-10H2,1H3,(H,22,25)(H,23,26). The van der Waals surface area contributed by atoms with E-state index in [1.807, 2.05) is 0 Å². The first-order valence-electron chi connectivity index (χ1n) is 8.82. The summed E-state index contributed by atoms with van der Waals surface area (Å²) in [5.74, 6) is -0.135. The predicted molar refractivity (Wildman–Crippen MR) is 104 cm³/mol. The summed E-state index contributed by atoms with van der Waals surface area (Å²) in [5.41, 5.74) is 1.29. The van der Waals surface area contributed by atoms with Crippen molar-refractivity contribution in [2.45, 2.75) is 18.5 Å². The van der Waals surface area contributed by atoms with Crippen LogP contribution in [0.1, 0.15) is 27.1 Å². The highest BCUT2D eigenvalue weighted by atomic mass is 35.5. The van der Waals surface area contributed by atoms with Gasteiger partial charge in [-0.05, 0) is 48.9 Å². The lowest BCUT2D eigenvalue weighted by Gasteiger charge is -2.20. The summed E-state index contributed by atoms with van der Waals surface area (Å²) in [6, 6.07) is 10.6. The van der Waals surface area contributed by atoms with Crippen molar-refractivity contribution in [1.82, 2.24) is 10.2 Å². The van der Waals surface area contributed by atoms with Crippen LogP contribution in [0.25, 0.3) is 0 Å².